The smallest absolute Gasteiger partial charge is 0.308 e. The molecule has 0 heterocycles. The van der Waals surface area contributed by atoms with Crippen LogP contribution in [0.15, 0.2) is 18.2 Å². The number of aliphatic hydroxyl groups excluding tert-OH is 1. The summed E-state index contributed by atoms with van der Waals surface area (Å²) in [6, 6.07) is 4.15. The van der Waals surface area contributed by atoms with Gasteiger partial charge in [0, 0.05) is 5.88 Å². The van der Waals surface area contributed by atoms with Crippen LogP contribution >= 0.6 is 11.6 Å². The van der Waals surface area contributed by atoms with Gasteiger partial charge in [0.15, 0.2) is 0 Å². The molecule has 0 radical (unpaired) electrons. The average Bonchev–Trinajstić information content (AvgIpc) is 2.51. The third kappa shape index (κ3) is 6.42. The van der Waals surface area contributed by atoms with Gasteiger partial charge in [-0.15, -0.1) is 11.6 Å². The van der Waals surface area contributed by atoms with Gasteiger partial charge in [-0.2, -0.15) is 0 Å². The molecule has 23 heavy (non-hydrogen) atoms. The van der Waals surface area contributed by atoms with Crippen molar-refractivity contribution in [3.05, 3.63) is 33.9 Å². The number of halogens is 1. The highest BCUT2D eigenvalue weighted by Gasteiger charge is 2.24. The number of alkyl halides is 1. The predicted molar refractivity (Wildman–Crippen MR) is 84.8 cm³/mol. The zero-order valence-electron chi connectivity index (χ0n) is 12.9. The van der Waals surface area contributed by atoms with Crippen molar-refractivity contribution in [3.63, 3.8) is 0 Å². The quantitative estimate of drug-likeness (QED) is 0.230. The summed E-state index contributed by atoms with van der Waals surface area (Å²) in [5.41, 5.74) is -0.243. The molecule has 0 aliphatic carbocycles. The molecule has 0 amide bonds. The second kappa shape index (κ2) is 10.0. The molecule has 1 unspecified atom stereocenters. The Morgan fingerprint density at radius 1 is 1.43 bits per heavy atom. The fourth-order valence-corrected chi connectivity index (χ4v) is 2.12. The highest BCUT2D eigenvalue weighted by Crippen LogP contribution is 2.31. The number of hydrogen-bond acceptors (Lipinski definition) is 6. The standard InChI is InChI=1S/C15H20ClNO6/c1-2-22-15(19)10-14(18)12-6-5-11(9-13(12)17(20)21)23-8-4-3-7-16/h5-6,9,14,18H,2-4,7-8,10H2,1H3. The monoisotopic (exact) mass is 345 g/mol. The van der Waals surface area contributed by atoms with E-state index in [2.05, 4.69) is 0 Å². The van der Waals surface area contributed by atoms with E-state index in [1.54, 1.807) is 6.92 Å². The molecule has 1 atom stereocenters. The number of rotatable bonds is 10. The largest absolute Gasteiger partial charge is 0.493 e. The first-order chi connectivity index (χ1) is 11.0. The lowest BCUT2D eigenvalue weighted by Crippen LogP contribution is -2.11. The molecule has 1 N–H and O–H groups in total. The van der Waals surface area contributed by atoms with E-state index in [-0.39, 0.29) is 24.3 Å². The number of carbonyl (C=O) groups excluding carboxylic acids is 1. The van der Waals surface area contributed by atoms with Crippen LogP contribution in [0.25, 0.3) is 0 Å². The van der Waals surface area contributed by atoms with Gasteiger partial charge in [-0.1, -0.05) is 0 Å². The first-order valence-corrected chi connectivity index (χ1v) is 7.83. The second-order valence-corrected chi connectivity index (χ2v) is 5.13. The van der Waals surface area contributed by atoms with Crippen LogP contribution in [0, 0.1) is 10.1 Å². The Labute approximate surface area is 139 Å². The lowest BCUT2D eigenvalue weighted by molar-refractivity contribution is -0.386. The Morgan fingerprint density at radius 2 is 2.17 bits per heavy atom. The molecule has 1 aromatic rings. The van der Waals surface area contributed by atoms with Crippen molar-refractivity contribution in [2.75, 3.05) is 19.1 Å². The van der Waals surface area contributed by atoms with Gasteiger partial charge in [-0.05, 0) is 31.9 Å². The number of unbranched alkanes of at least 4 members (excludes halogenated alkanes) is 1. The summed E-state index contributed by atoms with van der Waals surface area (Å²) in [4.78, 5) is 21.9. The van der Waals surface area contributed by atoms with E-state index in [0.29, 0.717) is 18.2 Å². The van der Waals surface area contributed by atoms with E-state index in [9.17, 15) is 20.0 Å². The molecule has 0 aliphatic heterocycles. The summed E-state index contributed by atoms with van der Waals surface area (Å²) in [6.45, 7) is 2.22. The van der Waals surface area contributed by atoms with Gasteiger partial charge >= 0.3 is 5.97 Å². The molecule has 0 spiro atoms. The van der Waals surface area contributed by atoms with Crippen molar-refractivity contribution in [2.24, 2.45) is 0 Å². The number of benzene rings is 1. The van der Waals surface area contributed by atoms with Crippen molar-refractivity contribution in [2.45, 2.75) is 32.3 Å². The molecule has 0 saturated carbocycles. The number of carbonyl (C=O) groups is 1. The van der Waals surface area contributed by atoms with E-state index >= 15 is 0 Å². The molecule has 0 aliphatic rings. The normalized spacial score (nSPS) is 11.8. The zero-order chi connectivity index (χ0) is 17.2. The van der Waals surface area contributed by atoms with Crippen LogP contribution in [0.1, 0.15) is 37.9 Å². The van der Waals surface area contributed by atoms with Crippen LogP contribution in [-0.4, -0.2) is 35.1 Å². The van der Waals surface area contributed by atoms with Gasteiger partial charge in [0.1, 0.15) is 5.75 Å². The number of ether oxygens (including phenoxy) is 2. The van der Waals surface area contributed by atoms with Gasteiger partial charge < -0.3 is 14.6 Å². The summed E-state index contributed by atoms with van der Waals surface area (Å²) in [5, 5.41) is 21.2. The van der Waals surface area contributed by atoms with Gasteiger partial charge in [-0.3, -0.25) is 14.9 Å². The highest BCUT2D eigenvalue weighted by molar-refractivity contribution is 6.17. The predicted octanol–water partition coefficient (Wildman–Crippen LogP) is 2.98. The Kier molecular flexibility index (Phi) is 8.36. The first kappa shape index (κ1) is 19.2. The Bertz CT molecular complexity index is 537. The molecule has 1 aromatic carbocycles. The van der Waals surface area contributed by atoms with Crippen molar-refractivity contribution < 1.29 is 24.3 Å². The summed E-state index contributed by atoms with van der Waals surface area (Å²) in [6.07, 6.45) is -0.116. The minimum Gasteiger partial charge on any atom is -0.493 e. The minimum absolute atomic E-state index is 0.0520. The lowest BCUT2D eigenvalue weighted by atomic mass is 10.0. The van der Waals surface area contributed by atoms with E-state index in [1.165, 1.54) is 18.2 Å². The van der Waals surface area contributed by atoms with Crippen molar-refractivity contribution in [3.8, 4) is 5.75 Å². The number of nitrogens with zero attached hydrogens (tertiary/aromatic N) is 1. The van der Waals surface area contributed by atoms with Crippen LogP contribution in [0.5, 0.6) is 5.75 Å². The fraction of sp³-hybridized carbons (Fsp3) is 0.533. The van der Waals surface area contributed by atoms with Crippen LogP contribution in [-0.2, 0) is 9.53 Å². The van der Waals surface area contributed by atoms with E-state index < -0.39 is 17.0 Å². The maximum Gasteiger partial charge on any atom is 0.308 e. The topological polar surface area (TPSA) is 98.9 Å². The number of aliphatic hydroxyl groups is 1. The first-order valence-electron chi connectivity index (χ1n) is 7.30. The third-order valence-corrected chi connectivity index (χ3v) is 3.29. The summed E-state index contributed by atoms with van der Waals surface area (Å²) in [7, 11) is 0. The molecule has 128 valence electrons. The van der Waals surface area contributed by atoms with E-state index in [0.717, 1.165) is 12.8 Å². The Balaban J connectivity index is 2.83. The molecule has 8 heteroatoms. The average molecular weight is 346 g/mol. The van der Waals surface area contributed by atoms with E-state index in [1.807, 2.05) is 0 Å². The molecular formula is C15H20ClNO6. The molecule has 0 saturated heterocycles. The van der Waals surface area contributed by atoms with Crippen LogP contribution < -0.4 is 4.74 Å². The molecule has 0 fully saturated rings. The Morgan fingerprint density at radius 3 is 2.78 bits per heavy atom. The van der Waals surface area contributed by atoms with E-state index in [4.69, 9.17) is 21.1 Å². The number of esters is 1. The van der Waals surface area contributed by atoms with Gasteiger partial charge in [-0.25, -0.2) is 0 Å². The molecule has 0 aromatic heterocycles. The highest BCUT2D eigenvalue weighted by atomic mass is 35.5. The third-order valence-electron chi connectivity index (χ3n) is 3.02. The zero-order valence-corrected chi connectivity index (χ0v) is 13.6. The SMILES string of the molecule is CCOC(=O)CC(O)c1ccc(OCCCCCl)cc1[N+](=O)[O-]. The van der Waals surface area contributed by atoms with Gasteiger partial charge in [0.05, 0.1) is 42.3 Å². The molecule has 0 bridgehead atoms. The van der Waals surface area contributed by atoms with Gasteiger partial charge in [0.2, 0.25) is 0 Å². The van der Waals surface area contributed by atoms with Gasteiger partial charge in [0.25, 0.3) is 5.69 Å². The van der Waals surface area contributed by atoms with Crippen molar-refractivity contribution >= 4 is 23.3 Å². The summed E-state index contributed by atoms with van der Waals surface area (Å²) >= 11 is 5.56. The van der Waals surface area contributed by atoms with Crippen LogP contribution in [0.2, 0.25) is 0 Å². The summed E-state index contributed by atoms with van der Waals surface area (Å²) in [5.74, 6) is 0.247. The maximum absolute atomic E-state index is 11.4. The van der Waals surface area contributed by atoms with Crippen molar-refractivity contribution in [1.29, 1.82) is 0 Å². The minimum atomic E-state index is -1.31. The van der Waals surface area contributed by atoms with Crippen LogP contribution in [0.3, 0.4) is 0 Å². The second-order valence-electron chi connectivity index (χ2n) is 4.75. The molecular weight excluding hydrogens is 326 g/mol. The Hall–Kier alpha value is -1.86. The summed E-state index contributed by atoms with van der Waals surface area (Å²) < 4.78 is 10.1. The fourth-order valence-electron chi connectivity index (χ4n) is 1.93. The maximum atomic E-state index is 11.4. The molecule has 7 nitrogen and oxygen atoms in total. The lowest BCUT2D eigenvalue weighted by Gasteiger charge is -2.12. The number of nitro benzene ring substituents is 1. The molecule has 1 rings (SSSR count). The number of hydrogen-bond donors (Lipinski definition) is 1. The number of nitro groups is 1. The van der Waals surface area contributed by atoms with Crippen molar-refractivity contribution in [1.82, 2.24) is 0 Å². The van der Waals surface area contributed by atoms with Crippen LogP contribution in [0.4, 0.5) is 5.69 Å².